The summed E-state index contributed by atoms with van der Waals surface area (Å²) in [6.45, 7) is 1.98. The summed E-state index contributed by atoms with van der Waals surface area (Å²) in [5.74, 6) is 0.0513. The molecule has 0 bridgehead atoms. The quantitative estimate of drug-likeness (QED) is 0.847. The molecule has 0 aliphatic heterocycles. The molecule has 3 N–H and O–H groups in total. The minimum absolute atomic E-state index is 0.0513. The highest BCUT2D eigenvalue weighted by molar-refractivity contribution is 9.10. The molecule has 2 atom stereocenters. The molecule has 0 fully saturated rings. The summed E-state index contributed by atoms with van der Waals surface area (Å²) < 4.78 is 1.01. The van der Waals surface area contributed by atoms with Crippen LogP contribution in [0.4, 0.5) is 5.69 Å². The number of nitrogens with two attached hydrogens (primary N) is 1. The fourth-order valence-electron chi connectivity index (χ4n) is 3.22. The maximum absolute atomic E-state index is 12.4. The number of hydrogen-bond acceptors (Lipinski definition) is 1. The number of carbonyl (C=O) groups is 1. The summed E-state index contributed by atoms with van der Waals surface area (Å²) in [5.41, 5.74) is 3.66. The van der Waals surface area contributed by atoms with Gasteiger partial charge in [-0.2, -0.15) is 0 Å². The molecule has 1 aliphatic carbocycles. The maximum atomic E-state index is 12.4. The number of amides is 1. The predicted molar refractivity (Wildman–Crippen MR) is 96.3 cm³/mol. The minimum atomic E-state index is -0.116. The topological polar surface area (TPSA) is 45.7 Å². The molecule has 1 amide bonds. The molecule has 4 heteroatoms. The fraction of sp³-hybridized carbons (Fsp3) is 0.316. The van der Waals surface area contributed by atoms with Crippen LogP contribution in [-0.2, 0) is 11.2 Å². The number of halogens is 1. The zero-order valence-corrected chi connectivity index (χ0v) is 14.8. The van der Waals surface area contributed by atoms with Gasteiger partial charge in [-0.3, -0.25) is 4.79 Å². The fourth-order valence-corrected chi connectivity index (χ4v) is 3.48. The Morgan fingerprint density at radius 1 is 1.22 bits per heavy atom. The SMILES string of the molecule is C[C@@H]([NH2+][C@@H]1CCCc2ccccc21)C(=O)Nc1ccc(Br)cc1. The molecule has 23 heavy (non-hydrogen) atoms. The van der Waals surface area contributed by atoms with Crippen molar-refractivity contribution < 1.29 is 10.1 Å². The van der Waals surface area contributed by atoms with Gasteiger partial charge in [-0.25, -0.2) is 0 Å². The summed E-state index contributed by atoms with van der Waals surface area (Å²) in [6.07, 6.45) is 3.48. The van der Waals surface area contributed by atoms with Gasteiger partial charge in [-0.1, -0.05) is 40.2 Å². The van der Waals surface area contributed by atoms with E-state index in [1.807, 2.05) is 31.2 Å². The van der Waals surface area contributed by atoms with Crippen LogP contribution in [0.5, 0.6) is 0 Å². The zero-order valence-electron chi connectivity index (χ0n) is 13.3. The molecule has 2 aromatic rings. The van der Waals surface area contributed by atoms with Crippen LogP contribution in [0.3, 0.4) is 0 Å². The molecule has 0 saturated carbocycles. The van der Waals surface area contributed by atoms with Gasteiger partial charge in [-0.15, -0.1) is 0 Å². The van der Waals surface area contributed by atoms with E-state index < -0.39 is 0 Å². The third-order valence-electron chi connectivity index (χ3n) is 4.46. The monoisotopic (exact) mass is 373 g/mol. The Hall–Kier alpha value is -1.65. The highest BCUT2D eigenvalue weighted by Gasteiger charge is 2.27. The average molecular weight is 374 g/mol. The van der Waals surface area contributed by atoms with E-state index in [2.05, 4.69) is 50.8 Å². The standard InChI is InChI=1S/C19H21BrN2O/c1-13(19(23)22-16-11-9-15(20)10-12-16)21-18-8-4-6-14-5-2-3-7-17(14)18/h2-3,5,7,9-13,18,21H,4,6,8H2,1H3,(H,22,23)/p+1/t13-,18-/m1/s1. The lowest BCUT2D eigenvalue weighted by Gasteiger charge is -2.26. The number of nitrogens with one attached hydrogen (secondary N) is 1. The van der Waals surface area contributed by atoms with E-state index in [4.69, 9.17) is 0 Å². The molecule has 2 aromatic carbocycles. The van der Waals surface area contributed by atoms with Crippen LogP contribution in [0.1, 0.15) is 36.9 Å². The van der Waals surface area contributed by atoms with Crippen molar-refractivity contribution in [1.82, 2.24) is 0 Å². The number of fused-ring (bicyclic) bond motifs is 1. The molecule has 0 radical (unpaired) electrons. The van der Waals surface area contributed by atoms with Gasteiger partial charge < -0.3 is 10.6 Å². The van der Waals surface area contributed by atoms with E-state index in [9.17, 15) is 4.79 Å². The molecule has 1 aliphatic rings. The van der Waals surface area contributed by atoms with Gasteiger partial charge in [0, 0.05) is 22.1 Å². The number of benzene rings is 2. The van der Waals surface area contributed by atoms with Crippen molar-refractivity contribution >= 4 is 27.5 Å². The summed E-state index contributed by atoms with van der Waals surface area (Å²) in [4.78, 5) is 12.4. The molecule has 0 spiro atoms. The Bertz CT molecular complexity index is 684. The lowest BCUT2D eigenvalue weighted by atomic mass is 9.87. The van der Waals surface area contributed by atoms with Crippen LogP contribution in [0, 0.1) is 0 Å². The van der Waals surface area contributed by atoms with Gasteiger partial charge in [0.2, 0.25) is 0 Å². The van der Waals surface area contributed by atoms with Crippen LogP contribution in [0.25, 0.3) is 0 Å². The van der Waals surface area contributed by atoms with Crippen molar-refractivity contribution in [2.75, 3.05) is 5.32 Å². The number of rotatable bonds is 4. The summed E-state index contributed by atoms with van der Waals surface area (Å²) in [5, 5.41) is 5.19. The van der Waals surface area contributed by atoms with Gasteiger partial charge in [0.05, 0.1) is 0 Å². The van der Waals surface area contributed by atoms with Crippen molar-refractivity contribution in [2.24, 2.45) is 0 Å². The molecular formula is C19H22BrN2O+. The third-order valence-corrected chi connectivity index (χ3v) is 4.99. The first-order chi connectivity index (χ1) is 11.1. The number of quaternary nitrogens is 1. The highest BCUT2D eigenvalue weighted by atomic mass is 79.9. The Morgan fingerprint density at radius 3 is 2.74 bits per heavy atom. The Balaban J connectivity index is 1.64. The Labute approximate surface area is 145 Å². The maximum Gasteiger partial charge on any atom is 0.282 e. The molecule has 3 nitrogen and oxygen atoms in total. The van der Waals surface area contributed by atoms with E-state index in [0.717, 1.165) is 23.0 Å². The third kappa shape index (κ3) is 4.01. The van der Waals surface area contributed by atoms with E-state index in [1.165, 1.54) is 17.5 Å². The Morgan fingerprint density at radius 2 is 1.96 bits per heavy atom. The molecule has 3 rings (SSSR count). The van der Waals surface area contributed by atoms with Crippen molar-refractivity contribution in [2.45, 2.75) is 38.3 Å². The molecule has 0 unspecified atom stereocenters. The van der Waals surface area contributed by atoms with Crippen molar-refractivity contribution in [1.29, 1.82) is 0 Å². The lowest BCUT2D eigenvalue weighted by Crippen LogP contribution is -2.92. The normalized spacial score (nSPS) is 18.1. The van der Waals surface area contributed by atoms with Gasteiger partial charge in [-0.05, 0) is 49.6 Å². The van der Waals surface area contributed by atoms with E-state index in [1.54, 1.807) is 0 Å². The van der Waals surface area contributed by atoms with Crippen molar-refractivity contribution in [3.05, 3.63) is 64.1 Å². The smallest absolute Gasteiger partial charge is 0.282 e. The number of carbonyl (C=O) groups excluding carboxylic acids is 1. The lowest BCUT2D eigenvalue weighted by molar-refractivity contribution is -0.714. The van der Waals surface area contributed by atoms with Gasteiger partial charge >= 0.3 is 0 Å². The number of aryl methyl sites for hydroxylation is 1. The molecular weight excluding hydrogens is 352 g/mol. The molecule has 120 valence electrons. The van der Waals surface area contributed by atoms with Crippen LogP contribution >= 0.6 is 15.9 Å². The minimum Gasteiger partial charge on any atom is -0.330 e. The van der Waals surface area contributed by atoms with E-state index >= 15 is 0 Å². The first kappa shape index (κ1) is 16.2. The zero-order chi connectivity index (χ0) is 16.2. The highest BCUT2D eigenvalue weighted by Crippen LogP contribution is 2.26. The first-order valence-electron chi connectivity index (χ1n) is 8.12. The Kier molecular flexibility index (Phi) is 5.13. The number of anilines is 1. The van der Waals surface area contributed by atoms with Crippen LogP contribution in [0.2, 0.25) is 0 Å². The number of hydrogen-bond donors (Lipinski definition) is 2. The largest absolute Gasteiger partial charge is 0.330 e. The van der Waals surface area contributed by atoms with Gasteiger partial charge in [0.25, 0.3) is 5.91 Å². The molecule has 0 aromatic heterocycles. The summed E-state index contributed by atoms with van der Waals surface area (Å²) in [7, 11) is 0. The van der Waals surface area contributed by atoms with Crippen LogP contribution < -0.4 is 10.6 Å². The van der Waals surface area contributed by atoms with Gasteiger partial charge in [0.1, 0.15) is 6.04 Å². The second kappa shape index (κ2) is 7.28. The molecule has 0 saturated heterocycles. The summed E-state index contributed by atoms with van der Waals surface area (Å²) in [6, 6.07) is 16.6. The van der Waals surface area contributed by atoms with E-state index in [0.29, 0.717) is 6.04 Å². The van der Waals surface area contributed by atoms with Gasteiger partial charge in [0.15, 0.2) is 6.04 Å². The first-order valence-corrected chi connectivity index (χ1v) is 8.92. The van der Waals surface area contributed by atoms with E-state index in [-0.39, 0.29) is 11.9 Å². The second-order valence-corrected chi connectivity index (χ2v) is 7.09. The average Bonchev–Trinajstić information content (AvgIpc) is 2.57. The second-order valence-electron chi connectivity index (χ2n) is 6.17. The van der Waals surface area contributed by atoms with Crippen LogP contribution in [0.15, 0.2) is 53.0 Å². The summed E-state index contributed by atoms with van der Waals surface area (Å²) >= 11 is 3.40. The predicted octanol–water partition coefficient (Wildman–Crippen LogP) is 3.42. The van der Waals surface area contributed by atoms with Crippen molar-refractivity contribution in [3.63, 3.8) is 0 Å². The van der Waals surface area contributed by atoms with Crippen molar-refractivity contribution in [3.8, 4) is 0 Å². The molecule has 0 heterocycles. The van der Waals surface area contributed by atoms with Crippen LogP contribution in [-0.4, -0.2) is 11.9 Å².